The molecule has 0 amide bonds. The Morgan fingerprint density at radius 1 is 1.17 bits per heavy atom. The SMILES string of the molecule is CCNC(CCN(CCOC)C(C)C)C(C)(C)C. The van der Waals surface area contributed by atoms with E-state index in [1.165, 1.54) is 6.42 Å². The average molecular weight is 258 g/mol. The summed E-state index contributed by atoms with van der Waals surface area (Å²) < 4.78 is 5.19. The van der Waals surface area contributed by atoms with Crippen LogP contribution >= 0.6 is 0 Å². The fraction of sp³-hybridized carbons (Fsp3) is 1.00. The first-order chi connectivity index (χ1) is 8.32. The fourth-order valence-corrected chi connectivity index (χ4v) is 2.22. The number of nitrogens with zero attached hydrogens (tertiary/aromatic N) is 1. The molecule has 18 heavy (non-hydrogen) atoms. The number of ether oxygens (including phenoxy) is 1. The lowest BCUT2D eigenvalue weighted by molar-refractivity contribution is 0.119. The second-order valence-electron chi connectivity index (χ2n) is 6.39. The minimum absolute atomic E-state index is 0.319. The average Bonchev–Trinajstić information content (AvgIpc) is 2.25. The second-order valence-corrected chi connectivity index (χ2v) is 6.39. The minimum Gasteiger partial charge on any atom is -0.383 e. The van der Waals surface area contributed by atoms with Gasteiger partial charge in [-0.25, -0.2) is 0 Å². The quantitative estimate of drug-likeness (QED) is 0.688. The van der Waals surface area contributed by atoms with E-state index >= 15 is 0 Å². The summed E-state index contributed by atoms with van der Waals surface area (Å²) in [5.74, 6) is 0. The summed E-state index contributed by atoms with van der Waals surface area (Å²) in [6.45, 7) is 17.7. The fourth-order valence-electron chi connectivity index (χ4n) is 2.22. The van der Waals surface area contributed by atoms with Crippen molar-refractivity contribution in [3.8, 4) is 0 Å². The van der Waals surface area contributed by atoms with Crippen LogP contribution < -0.4 is 5.32 Å². The summed E-state index contributed by atoms with van der Waals surface area (Å²) in [4.78, 5) is 2.50. The third kappa shape index (κ3) is 7.34. The molecule has 0 saturated heterocycles. The zero-order valence-electron chi connectivity index (χ0n) is 13.5. The summed E-state index contributed by atoms with van der Waals surface area (Å²) in [6, 6.07) is 1.16. The summed E-state index contributed by atoms with van der Waals surface area (Å²) in [7, 11) is 1.77. The molecule has 0 aliphatic heterocycles. The number of hydrogen-bond acceptors (Lipinski definition) is 3. The number of methoxy groups -OCH3 is 1. The van der Waals surface area contributed by atoms with Crippen molar-refractivity contribution in [1.29, 1.82) is 0 Å². The molecular weight excluding hydrogens is 224 g/mol. The zero-order chi connectivity index (χ0) is 14.2. The van der Waals surface area contributed by atoms with E-state index in [0.717, 1.165) is 26.2 Å². The van der Waals surface area contributed by atoms with Crippen molar-refractivity contribution in [2.45, 2.75) is 60.0 Å². The van der Waals surface area contributed by atoms with E-state index in [2.05, 4.69) is 51.8 Å². The van der Waals surface area contributed by atoms with Crippen LogP contribution in [0, 0.1) is 5.41 Å². The van der Waals surface area contributed by atoms with Crippen molar-refractivity contribution in [3.05, 3.63) is 0 Å². The van der Waals surface area contributed by atoms with Crippen LogP contribution in [-0.2, 0) is 4.74 Å². The van der Waals surface area contributed by atoms with E-state index in [0.29, 0.717) is 17.5 Å². The van der Waals surface area contributed by atoms with E-state index in [4.69, 9.17) is 4.74 Å². The van der Waals surface area contributed by atoms with Gasteiger partial charge in [0.1, 0.15) is 0 Å². The highest BCUT2D eigenvalue weighted by atomic mass is 16.5. The van der Waals surface area contributed by atoms with Crippen molar-refractivity contribution in [3.63, 3.8) is 0 Å². The van der Waals surface area contributed by atoms with Gasteiger partial charge in [-0.15, -0.1) is 0 Å². The van der Waals surface area contributed by atoms with Crippen molar-refractivity contribution in [1.82, 2.24) is 10.2 Å². The number of nitrogens with one attached hydrogen (secondary N) is 1. The Morgan fingerprint density at radius 3 is 2.17 bits per heavy atom. The van der Waals surface area contributed by atoms with Gasteiger partial charge in [0.05, 0.1) is 6.61 Å². The third-order valence-electron chi connectivity index (χ3n) is 3.51. The predicted octanol–water partition coefficient (Wildman–Crippen LogP) is 2.76. The minimum atomic E-state index is 0.319. The molecule has 3 heteroatoms. The molecule has 1 atom stereocenters. The maximum absolute atomic E-state index is 5.19. The van der Waals surface area contributed by atoms with Gasteiger partial charge in [0.15, 0.2) is 0 Å². The Balaban J connectivity index is 4.28. The molecule has 0 aliphatic rings. The Labute approximate surface area is 114 Å². The van der Waals surface area contributed by atoms with Gasteiger partial charge < -0.3 is 10.1 Å². The Kier molecular flexibility index (Phi) is 8.83. The van der Waals surface area contributed by atoms with E-state index in [1.807, 2.05) is 0 Å². The van der Waals surface area contributed by atoms with Gasteiger partial charge in [0, 0.05) is 25.7 Å². The molecule has 0 rings (SSSR count). The van der Waals surface area contributed by atoms with Crippen molar-refractivity contribution >= 4 is 0 Å². The first kappa shape index (κ1) is 17.9. The first-order valence-corrected chi connectivity index (χ1v) is 7.29. The Hall–Kier alpha value is -0.120. The van der Waals surface area contributed by atoms with Crippen LogP contribution in [0.5, 0.6) is 0 Å². The van der Waals surface area contributed by atoms with E-state index in [-0.39, 0.29) is 0 Å². The maximum atomic E-state index is 5.19. The monoisotopic (exact) mass is 258 g/mol. The van der Waals surface area contributed by atoms with Gasteiger partial charge >= 0.3 is 0 Å². The van der Waals surface area contributed by atoms with Crippen LogP contribution in [0.4, 0.5) is 0 Å². The summed E-state index contributed by atoms with van der Waals surface area (Å²) in [5, 5.41) is 3.62. The molecule has 0 aliphatic carbocycles. The Morgan fingerprint density at radius 2 is 1.78 bits per heavy atom. The molecule has 0 spiro atoms. The highest BCUT2D eigenvalue weighted by Gasteiger charge is 2.24. The lowest BCUT2D eigenvalue weighted by atomic mass is 9.84. The summed E-state index contributed by atoms with van der Waals surface area (Å²) >= 11 is 0. The molecule has 0 radical (unpaired) electrons. The molecule has 0 fully saturated rings. The van der Waals surface area contributed by atoms with Gasteiger partial charge in [-0.1, -0.05) is 27.7 Å². The number of hydrogen-bond donors (Lipinski definition) is 1. The van der Waals surface area contributed by atoms with Crippen LogP contribution in [0.2, 0.25) is 0 Å². The van der Waals surface area contributed by atoms with E-state index < -0.39 is 0 Å². The molecule has 1 unspecified atom stereocenters. The van der Waals surface area contributed by atoms with Gasteiger partial charge in [-0.2, -0.15) is 0 Å². The molecule has 0 aromatic rings. The summed E-state index contributed by atoms with van der Waals surface area (Å²) in [6.07, 6.45) is 1.19. The molecule has 3 nitrogen and oxygen atoms in total. The second kappa shape index (κ2) is 8.89. The first-order valence-electron chi connectivity index (χ1n) is 7.29. The Bertz CT molecular complexity index is 199. The molecule has 0 bridgehead atoms. The van der Waals surface area contributed by atoms with Gasteiger partial charge in [0.2, 0.25) is 0 Å². The van der Waals surface area contributed by atoms with Crippen LogP contribution in [0.25, 0.3) is 0 Å². The molecule has 0 saturated carbocycles. The van der Waals surface area contributed by atoms with E-state index in [9.17, 15) is 0 Å². The molecular formula is C15H34N2O. The van der Waals surface area contributed by atoms with Gasteiger partial charge in [-0.3, -0.25) is 4.90 Å². The summed E-state index contributed by atoms with van der Waals surface area (Å²) in [5.41, 5.74) is 0.319. The van der Waals surface area contributed by atoms with Crippen LogP contribution in [-0.4, -0.2) is 50.3 Å². The van der Waals surface area contributed by atoms with Crippen molar-refractivity contribution in [2.75, 3.05) is 33.4 Å². The molecule has 1 N–H and O–H groups in total. The van der Waals surface area contributed by atoms with Crippen molar-refractivity contribution < 1.29 is 4.74 Å². The lowest BCUT2D eigenvalue weighted by Crippen LogP contribution is -2.44. The topological polar surface area (TPSA) is 24.5 Å². The van der Waals surface area contributed by atoms with Crippen LogP contribution in [0.15, 0.2) is 0 Å². The molecule has 0 aromatic carbocycles. The standard InChI is InChI=1S/C15H34N2O/c1-8-16-14(15(4,5)6)9-10-17(13(2)3)11-12-18-7/h13-14,16H,8-12H2,1-7H3. The van der Waals surface area contributed by atoms with Gasteiger partial charge in [0.25, 0.3) is 0 Å². The molecule has 0 aromatic heterocycles. The highest BCUT2D eigenvalue weighted by Crippen LogP contribution is 2.22. The largest absolute Gasteiger partial charge is 0.383 e. The highest BCUT2D eigenvalue weighted by molar-refractivity contribution is 4.81. The predicted molar refractivity (Wildman–Crippen MR) is 80.1 cm³/mol. The van der Waals surface area contributed by atoms with Gasteiger partial charge in [-0.05, 0) is 38.8 Å². The third-order valence-corrected chi connectivity index (χ3v) is 3.51. The smallest absolute Gasteiger partial charge is 0.0589 e. The maximum Gasteiger partial charge on any atom is 0.0589 e. The molecule has 0 heterocycles. The van der Waals surface area contributed by atoms with E-state index in [1.54, 1.807) is 7.11 Å². The van der Waals surface area contributed by atoms with Crippen LogP contribution in [0.1, 0.15) is 48.0 Å². The lowest BCUT2D eigenvalue weighted by Gasteiger charge is -2.34. The number of rotatable bonds is 9. The van der Waals surface area contributed by atoms with Crippen molar-refractivity contribution in [2.24, 2.45) is 5.41 Å². The molecule has 110 valence electrons. The normalized spacial score (nSPS) is 14.5. The zero-order valence-corrected chi connectivity index (χ0v) is 13.5. The van der Waals surface area contributed by atoms with Crippen LogP contribution in [0.3, 0.4) is 0 Å².